The molecule has 132 valence electrons. The maximum absolute atomic E-state index is 12.4. The second-order valence-corrected chi connectivity index (χ2v) is 7.42. The predicted molar refractivity (Wildman–Crippen MR) is 108 cm³/mol. The van der Waals surface area contributed by atoms with E-state index in [1.165, 1.54) is 5.56 Å². The van der Waals surface area contributed by atoms with Gasteiger partial charge in [-0.05, 0) is 62.4 Å². The summed E-state index contributed by atoms with van der Waals surface area (Å²) in [6.07, 6.45) is 0. The molecule has 1 atom stereocenters. The minimum Gasteiger partial charge on any atom is -0.457 e. The molecule has 0 saturated heterocycles. The molecule has 3 rings (SSSR count). The summed E-state index contributed by atoms with van der Waals surface area (Å²) in [5, 5.41) is 2.77. The van der Waals surface area contributed by atoms with E-state index in [0.29, 0.717) is 0 Å². The fourth-order valence-electron chi connectivity index (χ4n) is 2.35. The van der Waals surface area contributed by atoms with Crippen LogP contribution in [0.5, 0.6) is 11.5 Å². The summed E-state index contributed by atoms with van der Waals surface area (Å²) in [4.78, 5) is 13.5. The third-order valence-corrected chi connectivity index (χ3v) is 4.92. The molecule has 0 bridgehead atoms. The number of para-hydroxylation sites is 1. The Balaban J connectivity index is 1.56. The van der Waals surface area contributed by atoms with Gasteiger partial charge in [0, 0.05) is 10.6 Å². The molecule has 0 aliphatic rings. The third-order valence-electron chi connectivity index (χ3n) is 3.80. The van der Waals surface area contributed by atoms with Gasteiger partial charge in [0.15, 0.2) is 0 Å². The molecule has 1 N–H and O–H groups in total. The summed E-state index contributed by atoms with van der Waals surface area (Å²) in [5.41, 5.74) is 1.97. The van der Waals surface area contributed by atoms with Crippen molar-refractivity contribution in [1.82, 2.24) is 0 Å². The van der Waals surface area contributed by atoms with Crippen LogP contribution in [0.4, 0.5) is 5.69 Å². The quantitative estimate of drug-likeness (QED) is 0.554. The van der Waals surface area contributed by atoms with Crippen molar-refractivity contribution in [2.24, 2.45) is 0 Å². The first-order valence-electron chi connectivity index (χ1n) is 8.47. The van der Waals surface area contributed by atoms with Crippen LogP contribution >= 0.6 is 11.8 Å². The van der Waals surface area contributed by atoms with Crippen LogP contribution in [0.1, 0.15) is 12.5 Å². The molecule has 1 unspecified atom stereocenters. The van der Waals surface area contributed by atoms with Crippen molar-refractivity contribution >= 4 is 23.4 Å². The van der Waals surface area contributed by atoms with E-state index in [-0.39, 0.29) is 11.2 Å². The highest BCUT2D eigenvalue weighted by Gasteiger charge is 2.14. The van der Waals surface area contributed by atoms with Crippen molar-refractivity contribution < 1.29 is 9.53 Å². The Morgan fingerprint density at radius 1 is 0.885 bits per heavy atom. The second-order valence-electron chi connectivity index (χ2n) is 6.00. The molecule has 3 nitrogen and oxygen atoms in total. The summed E-state index contributed by atoms with van der Waals surface area (Å²) < 4.78 is 5.76. The topological polar surface area (TPSA) is 38.3 Å². The van der Waals surface area contributed by atoms with Gasteiger partial charge in [-0.2, -0.15) is 0 Å². The van der Waals surface area contributed by atoms with E-state index in [9.17, 15) is 4.79 Å². The Hall–Kier alpha value is -2.72. The molecule has 0 aromatic heterocycles. The van der Waals surface area contributed by atoms with Crippen molar-refractivity contribution in [1.29, 1.82) is 0 Å². The fourth-order valence-corrected chi connectivity index (χ4v) is 3.22. The van der Waals surface area contributed by atoms with Crippen LogP contribution in [0, 0.1) is 6.92 Å². The Morgan fingerprint density at radius 3 is 2.15 bits per heavy atom. The number of aryl methyl sites for hydroxylation is 1. The van der Waals surface area contributed by atoms with Gasteiger partial charge in [-0.25, -0.2) is 0 Å². The van der Waals surface area contributed by atoms with Gasteiger partial charge in [-0.15, -0.1) is 11.8 Å². The van der Waals surface area contributed by atoms with Crippen LogP contribution in [0.15, 0.2) is 83.8 Å². The number of carbonyl (C=O) groups excluding carboxylic acids is 1. The maximum atomic E-state index is 12.4. The Morgan fingerprint density at radius 2 is 1.50 bits per heavy atom. The summed E-state index contributed by atoms with van der Waals surface area (Å²) in [7, 11) is 0. The number of carbonyl (C=O) groups is 1. The minimum atomic E-state index is -0.182. The first-order valence-corrected chi connectivity index (χ1v) is 9.35. The highest BCUT2D eigenvalue weighted by molar-refractivity contribution is 8.00. The fraction of sp³-hybridized carbons (Fsp3) is 0.136. The lowest BCUT2D eigenvalue weighted by Crippen LogP contribution is -2.22. The van der Waals surface area contributed by atoms with Gasteiger partial charge in [0.25, 0.3) is 0 Å². The highest BCUT2D eigenvalue weighted by atomic mass is 32.2. The predicted octanol–water partition coefficient (Wildman–Crippen LogP) is 5.91. The van der Waals surface area contributed by atoms with Gasteiger partial charge in [0.2, 0.25) is 5.91 Å². The molecule has 0 aliphatic heterocycles. The number of rotatable bonds is 6. The third kappa shape index (κ3) is 5.14. The van der Waals surface area contributed by atoms with Gasteiger partial charge in [0.1, 0.15) is 11.5 Å². The number of thioether (sulfide) groups is 1. The lowest BCUT2D eigenvalue weighted by molar-refractivity contribution is -0.115. The first kappa shape index (κ1) is 18.1. The standard InChI is InChI=1S/C22H21NO2S/c1-16-8-14-21(15-9-16)26-17(2)22(24)23-18-10-12-20(13-11-18)25-19-6-4-3-5-7-19/h3-15,17H,1-2H3,(H,23,24). The number of nitrogens with one attached hydrogen (secondary N) is 1. The maximum Gasteiger partial charge on any atom is 0.237 e. The zero-order valence-corrected chi connectivity index (χ0v) is 15.6. The van der Waals surface area contributed by atoms with Crippen molar-refractivity contribution in [3.8, 4) is 11.5 Å². The highest BCUT2D eigenvalue weighted by Crippen LogP contribution is 2.26. The van der Waals surface area contributed by atoms with Crippen LogP contribution in [0.25, 0.3) is 0 Å². The molecule has 3 aromatic carbocycles. The van der Waals surface area contributed by atoms with Crippen molar-refractivity contribution in [2.75, 3.05) is 5.32 Å². The molecule has 0 fully saturated rings. The van der Waals surface area contributed by atoms with E-state index < -0.39 is 0 Å². The zero-order valence-electron chi connectivity index (χ0n) is 14.8. The van der Waals surface area contributed by atoms with E-state index in [1.54, 1.807) is 11.8 Å². The molecule has 0 aliphatic carbocycles. The number of ether oxygens (including phenoxy) is 1. The van der Waals surface area contributed by atoms with Gasteiger partial charge in [0.05, 0.1) is 5.25 Å². The zero-order chi connectivity index (χ0) is 18.4. The number of hydrogen-bond donors (Lipinski definition) is 1. The van der Waals surface area contributed by atoms with Crippen LogP contribution in [0.3, 0.4) is 0 Å². The molecule has 3 aromatic rings. The van der Waals surface area contributed by atoms with E-state index in [1.807, 2.05) is 73.7 Å². The van der Waals surface area contributed by atoms with E-state index in [2.05, 4.69) is 24.4 Å². The van der Waals surface area contributed by atoms with Gasteiger partial charge in [-0.1, -0.05) is 35.9 Å². The molecule has 4 heteroatoms. The van der Waals surface area contributed by atoms with E-state index in [4.69, 9.17) is 4.74 Å². The normalized spacial score (nSPS) is 11.6. The second kappa shape index (κ2) is 8.59. The summed E-state index contributed by atoms with van der Waals surface area (Å²) in [5.74, 6) is 1.50. The number of amides is 1. The van der Waals surface area contributed by atoms with Crippen molar-refractivity contribution in [3.05, 3.63) is 84.4 Å². The molecule has 1 amide bonds. The summed E-state index contributed by atoms with van der Waals surface area (Å²) in [6.45, 7) is 3.96. The largest absolute Gasteiger partial charge is 0.457 e. The molecule has 0 radical (unpaired) electrons. The summed E-state index contributed by atoms with van der Waals surface area (Å²) in [6, 6.07) is 25.2. The SMILES string of the molecule is Cc1ccc(SC(C)C(=O)Nc2ccc(Oc3ccccc3)cc2)cc1. The smallest absolute Gasteiger partial charge is 0.237 e. The van der Waals surface area contributed by atoms with E-state index in [0.717, 1.165) is 22.1 Å². The Kier molecular flexibility index (Phi) is 5.97. The molecular formula is C22H21NO2S. The van der Waals surface area contributed by atoms with Crippen molar-refractivity contribution in [2.45, 2.75) is 24.0 Å². The number of hydrogen-bond acceptors (Lipinski definition) is 3. The molecule has 0 spiro atoms. The number of anilines is 1. The van der Waals surface area contributed by atoms with Crippen LogP contribution in [-0.4, -0.2) is 11.2 Å². The van der Waals surface area contributed by atoms with E-state index >= 15 is 0 Å². The van der Waals surface area contributed by atoms with Crippen molar-refractivity contribution in [3.63, 3.8) is 0 Å². The van der Waals surface area contributed by atoms with Crippen LogP contribution in [0.2, 0.25) is 0 Å². The lowest BCUT2D eigenvalue weighted by atomic mass is 10.2. The molecule has 0 saturated carbocycles. The average Bonchev–Trinajstić information content (AvgIpc) is 2.66. The Bertz CT molecular complexity index is 846. The monoisotopic (exact) mass is 363 g/mol. The van der Waals surface area contributed by atoms with Gasteiger partial charge < -0.3 is 10.1 Å². The Labute approximate surface area is 158 Å². The summed E-state index contributed by atoms with van der Waals surface area (Å²) >= 11 is 1.55. The molecule has 0 heterocycles. The average molecular weight is 363 g/mol. The lowest BCUT2D eigenvalue weighted by Gasteiger charge is -2.13. The van der Waals surface area contributed by atoms with Gasteiger partial charge >= 0.3 is 0 Å². The first-order chi connectivity index (χ1) is 12.6. The number of benzene rings is 3. The van der Waals surface area contributed by atoms with Gasteiger partial charge in [-0.3, -0.25) is 4.79 Å². The molecular weight excluding hydrogens is 342 g/mol. The van der Waals surface area contributed by atoms with Crippen LogP contribution in [-0.2, 0) is 4.79 Å². The van der Waals surface area contributed by atoms with Crippen LogP contribution < -0.4 is 10.1 Å². The minimum absolute atomic E-state index is 0.0210. The molecule has 26 heavy (non-hydrogen) atoms.